The number of esters is 1. The van der Waals surface area contributed by atoms with Gasteiger partial charge in [0.15, 0.2) is 0 Å². The summed E-state index contributed by atoms with van der Waals surface area (Å²) in [5.41, 5.74) is 6.98. The summed E-state index contributed by atoms with van der Waals surface area (Å²) in [7, 11) is 0. The van der Waals surface area contributed by atoms with Gasteiger partial charge in [-0.15, -0.1) is 12.4 Å². The van der Waals surface area contributed by atoms with Gasteiger partial charge in [0, 0.05) is 6.04 Å². The zero-order valence-electron chi connectivity index (χ0n) is 9.67. The molecule has 2 N–H and O–H groups in total. The van der Waals surface area contributed by atoms with E-state index in [-0.39, 0.29) is 37.4 Å². The van der Waals surface area contributed by atoms with Crippen LogP contribution in [0.2, 0.25) is 0 Å². The monoisotopic (exact) mass is 255 g/mol. The molecule has 0 aliphatic heterocycles. The zero-order chi connectivity index (χ0) is 11.8. The molecule has 0 aromatic heterocycles. The molecule has 0 unspecified atom stereocenters. The first-order valence-electron chi connectivity index (χ1n) is 5.28. The van der Waals surface area contributed by atoms with Gasteiger partial charge in [-0.2, -0.15) is 0 Å². The molecule has 1 atom stereocenters. The van der Waals surface area contributed by atoms with Crippen LogP contribution < -0.4 is 5.73 Å². The van der Waals surface area contributed by atoms with E-state index in [1.807, 2.05) is 30.3 Å². The van der Waals surface area contributed by atoms with Crippen molar-refractivity contribution in [3.63, 3.8) is 0 Å². The van der Waals surface area contributed by atoms with Gasteiger partial charge in [-0.3, -0.25) is 4.79 Å². The molecule has 94 valence electrons. The highest BCUT2D eigenvalue weighted by Crippen LogP contribution is 2.04. The van der Waals surface area contributed by atoms with Gasteiger partial charge in [-0.05, 0) is 12.0 Å². The largest absolute Gasteiger partial charge is 0.461 e. The maximum Gasteiger partial charge on any atom is 0.307 e. The van der Waals surface area contributed by atoms with Crippen LogP contribution in [0.5, 0.6) is 0 Å². The van der Waals surface area contributed by atoms with E-state index in [1.165, 1.54) is 0 Å². The number of carbonyl (C=O) groups is 1. The van der Waals surface area contributed by atoms with Crippen molar-refractivity contribution in [1.82, 2.24) is 0 Å². The molecule has 0 radical (unpaired) electrons. The first kappa shape index (κ1) is 15.7. The molecule has 4 heteroatoms. The van der Waals surface area contributed by atoms with Crippen LogP contribution in [0.15, 0.2) is 43.0 Å². The lowest BCUT2D eigenvalue weighted by Crippen LogP contribution is -2.27. The van der Waals surface area contributed by atoms with Gasteiger partial charge in [0.2, 0.25) is 0 Å². The predicted molar refractivity (Wildman–Crippen MR) is 71.1 cm³/mol. The van der Waals surface area contributed by atoms with Gasteiger partial charge in [0.25, 0.3) is 0 Å². The second-order valence-corrected chi connectivity index (χ2v) is 3.63. The fraction of sp³-hybridized carbons (Fsp3) is 0.308. The maximum atomic E-state index is 11.3. The second-order valence-electron chi connectivity index (χ2n) is 3.63. The minimum Gasteiger partial charge on any atom is -0.461 e. The van der Waals surface area contributed by atoms with Gasteiger partial charge in [0.05, 0.1) is 6.42 Å². The van der Waals surface area contributed by atoms with Crippen molar-refractivity contribution < 1.29 is 9.53 Å². The van der Waals surface area contributed by atoms with Gasteiger partial charge < -0.3 is 10.5 Å². The Hall–Kier alpha value is -1.32. The number of carbonyl (C=O) groups excluding carboxylic acids is 1. The molecule has 17 heavy (non-hydrogen) atoms. The maximum absolute atomic E-state index is 11.3. The number of rotatable bonds is 6. The van der Waals surface area contributed by atoms with Gasteiger partial charge in [0.1, 0.15) is 6.61 Å². The SMILES string of the molecule is C=CCOC(=O)C[C@H](N)Cc1ccccc1.Cl. The van der Waals surface area contributed by atoms with Crippen molar-refractivity contribution >= 4 is 18.4 Å². The van der Waals surface area contributed by atoms with Crippen LogP contribution >= 0.6 is 12.4 Å². The van der Waals surface area contributed by atoms with Gasteiger partial charge in [-0.1, -0.05) is 43.0 Å². The average molecular weight is 256 g/mol. The normalized spacial score (nSPS) is 11.1. The van der Waals surface area contributed by atoms with Crippen molar-refractivity contribution in [3.8, 4) is 0 Å². The number of nitrogens with two attached hydrogens (primary N) is 1. The Morgan fingerprint density at radius 2 is 2.06 bits per heavy atom. The molecule has 0 spiro atoms. The molecule has 0 fully saturated rings. The lowest BCUT2D eigenvalue weighted by molar-refractivity contribution is -0.142. The number of ether oxygens (including phenoxy) is 1. The zero-order valence-corrected chi connectivity index (χ0v) is 10.5. The standard InChI is InChI=1S/C13H17NO2.ClH/c1-2-8-16-13(15)10-12(14)9-11-6-4-3-5-7-11;/h2-7,12H,1,8-10,14H2;1H/t12-;/m1./s1. The molecule has 0 saturated carbocycles. The summed E-state index contributed by atoms with van der Waals surface area (Å²) in [6.45, 7) is 3.72. The minimum atomic E-state index is -0.275. The van der Waals surface area contributed by atoms with E-state index in [4.69, 9.17) is 10.5 Å². The number of benzene rings is 1. The molecule has 1 aromatic rings. The fourth-order valence-electron chi connectivity index (χ4n) is 1.41. The summed E-state index contributed by atoms with van der Waals surface area (Å²) < 4.78 is 4.86. The van der Waals surface area contributed by atoms with Crippen LogP contribution in [0.4, 0.5) is 0 Å². The van der Waals surface area contributed by atoms with Gasteiger partial charge >= 0.3 is 5.97 Å². The third-order valence-electron chi connectivity index (χ3n) is 2.13. The lowest BCUT2D eigenvalue weighted by atomic mass is 10.0. The Labute approximate surface area is 108 Å². The quantitative estimate of drug-likeness (QED) is 0.626. The Morgan fingerprint density at radius 3 is 2.65 bits per heavy atom. The number of hydrogen-bond donors (Lipinski definition) is 1. The minimum absolute atomic E-state index is 0. The first-order chi connectivity index (χ1) is 7.72. The molecule has 0 amide bonds. The number of hydrogen-bond acceptors (Lipinski definition) is 3. The lowest BCUT2D eigenvalue weighted by Gasteiger charge is -2.10. The van der Waals surface area contributed by atoms with Crippen molar-refractivity contribution in [1.29, 1.82) is 0 Å². The van der Waals surface area contributed by atoms with Crippen LogP contribution in [0, 0.1) is 0 Å². The molecule has 0 saturated heterocycles. The molecule has 0 aliphatic carbocycles. The van der Waals surface area contributed by atoms with Crippen LogP contribution in [0.1, 0.15) is 12.0 Å². The average Bonchev–Trinajstić information content (AvgIpc) is 2.27. The molecule has 3 nitrogen and oxygen atoms in total. The van der Waals surface area contributed by atoms with E-state index in [1.54, 1.807) is 6.08 Å². The Bertz CT molecular complexity index is 341. The van der Waals surface area contributed by atoms with E-state index in [0.717, 1.165) is 5.56 Å². The molecule has 0 heterocycles. The van der Waals surface area contributed by atoms with E-state index >= 15 is 0 Å². The van der Waals surface area contributed by atoms with Gasteiger partial charge in [-0.25, -0.2) is 0 Å². The summed E-state index contributed by atoms with van der Waals surface area (Å²) in [4.78, 5) is 11.3. The topological polar surface area (TPSA) is 52.3 Å². The summed E-state index contributed by atoms with van der Waals surface area (Å²) in [5, 5.41) is 0. The highest BCUT2D eigenvalue weighted by atomic mass is 35.5. The smallest absolute Gasteiger partial charge is 0.307 e. The van der Waals surface area contributed by atoms with Crippen molar-refractivity contribution in [2.45, 2.75) is 18.9 Å². The molecule has 0 aliphatic rings. The predicted octanol–water partition coefficient (Wildman–Crippen LogP) is 2.10. The van der Waals surface area contributed by atoms with Crippen LogP contribution in [0.3, 0.4) is 0 Å². The van der Waals surface area contributed by atoms with Crippen molar-refractivity contribution in [2.75, 3.05) is 6.61 Å². The first-order valence-corrected chi connectivity index (χ1v) is 5.28. The van der Waals surface area contributed by atoms with E-state index in [2.05, 4.69) is 6.58 Å². The Balaban J connectivity index is 0.00000256. The Kier molecular flexibility index (Phi) is 8.11. The second kappa shape index (κ2) is 8.79. The summed E-state index contributed by atoms with van der Waals surface area (Å²) >= 11 is 0. The van der Waals surface area contributed by atoms with E-state index in [9.17, 15) is 4.79 Å². The molecule has 1 rings (SSSR count). The van der Waals surface area contributed by atoms with Crippen molar-refractivity contribution in [3.05, 3.63) is 48.6 Å². The van der Waals surface area contributed by atoms with E-state index < -0.39 is 0 Å². The molecular formula is C13H18ClNO2. The third kappa shape index (κ3) is 6.76. The summed E-state index contributed by atoms with van der Waals surface area (Å²) in [6, 6.07) is 9.66. The fourth-order valence-corrected chi connectivity index (χ4v) is 1.41. The highest BCUT2D eigenvalue weighted by molar-refractivity contribution is 5.85. The van der Waals surface area contributed by atoms with Crippen LogP contribution in [-0.4, -0.2) is 18.6 Å². The van der Waals surface area contributed by atoms with Crippen LogP contribution in [-0.2, 0) is 16.0 Å². The third-order valence-corrected chi connectivity index (χ3v) is 2.13. The number of halogens is 1. The summed E-state index contributed by atoms with van der Waals surface area (Å²) in [5.74, 6) is -0.275. The molecule has 0 bridgehead atoms. The van der Waals surface area contributed by atoms with Crippen LogP contribution in [0.25, 0.3) is 0 Å². The summed E-state index contributed by atoms with van der Waals surface area (Å²) in [6.07, 6.45) is 2.47. The highest BCUT2D eigenvalue weighted by Gasteiger charge is 2.10. The van der Waals surface area contributed by atoms with E-state index in [0.29, 0.717) is 6.42 Å². The molecular weight excluding hydrogens is 238 g/mol. The molecule has 1 aromatic carbocycles. The Morgan fingerprint density at radius 1 is 1.41 bits per heavy atom. The van der Waals surface area contributed by atoms with Crippen molar-refractivity contribution in [2.24, 2.45) is 5.73 Å².